The number of methoxy groups -OCH3 is 2. The molecule has 0 bridgehead atoms. The SMILES string of the molecule is COCC(CNc1cccc(C)n1)OC. The number of aromatic nitrogens is 1. The molecule has 1 N–H and O–H groups in total. The van der Waals surface area contributed by atoms with Gasteiger partial charge in [0.25, 0.3) is 0 Å². The summed E-state index contributed by atoms with van der Waals surface area (Å²) in [4.78, 5) is 4.33. The average molecular weight is 210 g/mol. The molecular weight excluding hydrogens is 192 g/mol. The Balaban J connectivity index is 2.41. The van der Waals surface area contributed by atoms with Crippen LogP contribution in [0.15, 0.2) is 18.2 Å². The first-order valence-corrected chi connectivity index (χ1v) is 4.95. The van der Waals surface area contributed by atoms with Gasteiger partial charge in [-0.05, 0) is 19.1 Å². The Hall–Kier alpha value is -1.13. The summed E-state index contributed by atoms with van der Waals surface area (Å²) in [5.41, 5.74) is 1.00. The largest absolute Gasteiger partial charge is 0.382 e. The summed E-state index contributed by atoms with van der Waals surface area (Å²) in [5.74, 6) is 0.869. The van der Waals surface area contributed by atoms with Gasteiger partial charge in [-0.3, -0.25) is 0 Å². The summed E-state index contributed by atoms with van der Waals surface area (Å²) in [6.45, 7) is 3.24. The van der Waals surface area contributed by atoms with Gasteiger partial charge in [0.15, 0.2) is 0 Å². The number of hydrogen-bond donors (Lipinski definition) is 1. The van der Waals surface area contributed by atoms with Crippen molar-refractivity contribution >= 4 is 5.82 Å². The summed E-state index contributed by atoms with van der Waals surface area (Å²) in [6, 6.07) is 5.88. The van der Waals surface area contributed by atoms with Gasteiger partial charge in [0.05, 0.1) is 12.7 Å². The number of anilines is 1. The second-order valence-corrected chi connectivity index (χ2v) is 3.36. The van der Waals surface area contributed by atoms with E-state index in [1.165, 1.54) is 0 Å². The molecule has 0 aliphatic rings. The van der Waals surface area contributed by atoms with E-state index in [2.05, 4.69) is 10.3 Å². The van der Waals surface area contributed by atoms with E-state index in [0.717, 1.165) is 11.5 Å². The lowest BCUT2D eigenvalue weighted by atomic mass is 10.3. The molecule has 0 fully saturated rings. The zero-order chi connectivity index (χ0) is 11.1. The third kappa shape index (κ3) is 4.27. The molecule has 0 amide bonds. The number of hydrogen-bond acceptors (Lipinski definition) is 4. The van der Waals surface area contributed by atoms with Gasteiger partial charge >= 0.3 is 0 Å². The average Bonchev–Trinajstić information content (AvgIpc) is 2.24. The van der Waals surface area contributed by atoms with Crippen LogP contribution >= 0.6 is 0 Å². The van der Waals surface area contributed by atoms with Crippen LogP contribution in [0.2, 0.25) is 0 Å². The van der Waals surface area contributed by atoms with Crippen LogP contribution in [0.3, 0.4) is 0 Å². The molecule has 0 aliphatic heterocycles. The van der Waals surface area contributed by atoms with E-state index in [1.54, 1.807) is 14.2 Å². The van der Waals surface area contributed by atoms with Crippen LogP contribution in [0.25, 0.3) is 0 Å². The molecule has 0 saturated heterocycles. The van der Waals surface area contributed by atoms with Gasteiger partial charge in [-0.25, -0.2) is 4.98 Å². The number of nitrogens with zero attached hydrogens (tertiary/aromatic N) is 1. The number of pyridine rings is 1. The summed E-state index contributed by atoms with van der Waals surface area (Å²) in [7, 11) is 3.34. The predicted octanol–water partition coefficient (Wildman–Crippen LogP) is 1.46. The number of nitrogens with one attached hydrogen (secondary N) is 1. The van der Waals surface area contributed by atoms with Crippen LogP contribution in [0.5, 0.6) is 0 Å². The zero-order valence-electron chi connectivity index (χ0n) is 9.49. The Morgan fingerprint density at radius 1 is 1.40 bits per heavy atom. The molecule has 0 aromatic carbocycles. The highest BCUT2D eigenvalue weighted by atomic mass is 16.5. The molecule has 1 aromatic rings. The Morgan fingerprint density at radius 2 is 2.20 bits per heavy atom. The molecular formula is C11H18N2O2. The molecule has 0 aliphatic carbocycles. The lowest BCUT2D eigenvalue weighted by Gasteiger charge is -2.15. The van der Waals surface area contributed by atoms with Crippen molar-refractivity contribution < 1.29 is 9.47 Å². The van der Waals surface area contributed by atoms with Crippen LogP contribution in [0.4, 0.5) is 5.82 Å². The van der Waals surface area contributed by atoms with Crippen LogP contribution in [0, 0.1) is 6.92 Å². The van der Waals surface area contributed by atoms with Crippen molar-refractivity contribution in [3.05, 3.63) is 23.9 Å². The van der Waals surface area contributed by atoms with Crippen molar-refractivity contribution in [1.82, 2.24) is 4.98 Å². The van der Waals surface area contributed by atoms with E-state index in [9.17, 15) is 0 Å². The lowest BCUT2D eigenvalue weighted by Crippen LogP contribution is -2.26. The highest BCUT2D eigenvalue weighted by molar-refractivity contribution is 5.35. The summed E-state index contributed by atoms with van der Waals surface area (Å²) in [5, 5.41) is 3.21. The quantitative estimate of drug-likeness (QED) is 0.772. The Bertz CT molecular complexity index is 292. The molecule has 4 heteroatoms. The minimum absolute atomic E-state index is 0.0531. The normalized spacial score (nSPS) is 12.5. The predicted molar refractivity (Wildman–Crippen MR) is 60.1 cm³/mol. The van der Waals surface area contributed by atoms with E-state index in [1.807, 2.05) is 25.1 Å². The Labute approximate surface area is 90.6 Å². The monoisotopic (exact) mass is 210 g/mol. The number of aryl methyl sites for hydroxylation is 1. The Kier molecular flexibility index (Phi) is 5.07. The smallest absolute Gasteiger partial charge is 0.126 e. The highest BCUT2D eigenvalue weighted by Gasteiger charge is 2.06. The second-order valence-electron chi connectivity index (χ2n) is 3.36. The fourth-order valence-corrected chi connectivity index (χ4v) is 1.26. The molecule has 1 aromatic heterocycles. The van der Waals surface area contributed by atoms with E-state index in [-0.39, 0.29) is 6.10 Å². The molecule has 0 saturated carbocycles. The van der Waals surface area contributed by atoms with E-state index in [0.29, 0.717) is 13.2 Å². The van der Waals surface area contributed by atoms with Crippen molar-refractivity contribution in [2.45, 2.75) is 13.0 Å². The fraction of sp³-hybridized carbons (Fsp3) is 0.545. The maximum Gasteiger partial charge on any atom is 0.126 e. The number of rotatable bonds is 6. The van der Waals surface area contributed by atoms with E-state index < -0.39 is 0 Å². The molecule has 1 rings (SSSR count). The fourth-order valence-electron chi connectivity index (χ4n) is 1.26. The van der Waals surface area contributed by atoms with Gasteiger partial charge in [-0.15, -0.1) is 0 Å². The van der Waals surface area contributed by atoms with Crippen molar-refractivity contribution in [2.24, 2.45) is 0 Å². The highest BCUT2D eigenvalue weighted by Crippen LogP contribution is 2.04. The third-order valence-electron chi connectivity index (χ3n) is 2.09. The summed E-state index contributed by atoms with van der Waals surface area (Å²) < 4.78 is 10.2. The van der Waals surface area contributed by atoms with Gasteiger partial charge < -0.3 is 14.8 Å². The number of ether oxygens (including phenoxy) is 2. The Morgan fingerprint density at radius 3 is 2.80 bits per heavy atom. The van der Waals surface area contributed by atoms with E-state index in [4.69, 9.17) is 9.47 Å². The van der Waals surface area contributed by atoms with Gasteiger partial charge in [-0.2, -0.15) is 0 Å². The van der Waals surface area contributed by atoms with Crippen LogP contribution in [-0.4, -0.2) is 38.5 Å². The summed E-state index contributed by atoms with van der Waals surface area (Å²) in [6.07, 6.45) is 0.0531. The zero-order valence-corrected chi connectivity index (χ0v) is 9.49. The molecule has 15 heavy (non-hydrogen) atoms. The van der Waals surface area contributed by atoms with Crippen LogP contribution in [-0.2, 0) is 9.47 Å². The molecule has 1 heterocycles. The van der Waals surface area contributed by atoms with Gasteiger partial charge in [-0.1, -0.05) is 6.07 Å². The first-order chi connectivity index (χ1) is 7.26. The minimum atomic E-state index is 0.0531. The second kappa shape index (κ2) is 6.37. The molecule has 1 unspecified atom stereocenters. The third-order valence-corrected chi connectivity index (χ3v) is 2.09. The topological polar surface area (TPSA) is 43.4 Å². The van der Waals surface area contributed by atoms with E-state index >= 15 is 0 Å². The first kappa shape index (κ1) is 11.9. The van der Waals surface area contributed by atoms with Gasteiger partial charge in [0.2, 0.25) is 0 Å². The molecule has 4 nitrogen and oxygen atoms in total. The maximum absolute atomic E-state index is 5.23. The van der Waals surface area contributed by atoms with Gasteiger partial charge in [0, 0.05) is 26.5 Å². The molecule has 0 spiro atoms. The molecule has 84 valence electrons. The lowest BCUT2D eigenvalue weighted by molar-refractivity contribution is 0.0365. The van der Waals surface area contributed by atoms with Crippen molar-refractivity contribution in [3.63, 3.8) is 0 Å². The first-order valence-electron chi connectivity index (χ1n) is 4.95. The standard InChI is InChI=1S/C11H18N2O2/c1-9-5-4-6-11(13-9)12-7-10(15-3)8-14-2/h4-6,10H,7-8H2,1-3H3,(H,12,13). The van der Waals surface area contributed by atoms with Crippen molar-refractivity contribution in [2.75, 3.05) is 32.7 Å². The maximum atomic E-state index is 5.23. The summed E-state index contributed by atoms with van der Waals surface area (Å²) >= 11 is 0. The minimum Gasteiger partial charge on any atom is -0.382 e. The molecule has 0 radical (unpaired) electrons. The van der Waals surface area contributed by atoms with Gasteiger partial charge in [0.1, 0.15) is 5.82 Å². The van der Waals surface area contributed by atoms with Crippen molar-refractivity contribution in [3.8, 4) is 0 Å². The van der Waals surface area contributed by atoms with Crippen molar-refractivity contribution in [1.29, 1.82) is 0 Å². The molecule has 1 atom stereocenters. The van der Waals surface area contributed by atoms with Crippen LogP contribution < -0.4 is 5.32 Å². The van der Waals surface area contributed by atoms with Crippen LogP contribution in [0.1, 0.15) is 5.69 Å².